The smallest absolute Gasteiger partial charge is 0.346 e. The quantitative estimate of drug-likeness (QED) is 0.425. The van der Waals surface area contributed by atoms with E-state index in [1.54, 1.807) is 18.2 Å². The minimum absolute atomic E-state index is 0.134. The zero-order valence-corrected chi connectivity index (χ0v) is 21.4. The summed E-state index contributed by atoms with van der Waals surface area (Å²) in [6.07, 6.45) is 2.58. The predicted molar refractivity (Wildman–Crippen MR) is 140 cm³/mol. The van der Waals surface area contributed by atoms with Crippen LogP contribution >= 0.6 is 22.9 Å². The number of aromatic carboxylic acids is 1. The van der Waals surface area contributed by atoms with E-state index in [0.29, 0.717) is 27.8 Å². The molecule has 0 radical (unpaired) electrons. The van der Waals surface area contributed by atoms with Crippen molar-refractivity contribution in [3.8, 4) is 5.75 Å². The van der Waals surface area contributed by atoms with Gasteiger partial charge in [0.2, 0.25) is 0 Å². The molecule has 6 nitrogen and oxygen atoms in total. The van der Waals surface area contributed by atoms with E-state index in [1.807, 2.05) is 19.2 Å². The Hall–Kier alpha value is -2.81. The molecule has 0 saturated carbocycles. The van der Waals surface area contributed by atoms with Crippen LogP contribution in [0.5, 0.6) is 5.75 Å². The number of nitrogens with one attached hydrogen (secondary N) is 1. The van der Waals surface area contributed by atoms with Crippen LogP contribution in [0.1, 0.15) is 51.2 Å². The predicted octanol–water partition coefficient (Wildman–Crippen LogP) is 5.98. The molecule has 9 heteroatoms. The molecule has 36 heavy (non-hydrogen) atoms. The number of fused-ring (bicyclic) bond motifs is 2. The molecule has 188 valence electrons. The van der Waals surface area contributed by atoms with E-state index >= 15 is 0 Å². The average Bonchev–Trinajstić information content (AvgIpc) is 3.54. The summed E-state index contributed by atoms with van der Waals surface area (Å²) in [5, 5.41) is 14.1. The van der Waals surface area contributed by atoms with Crippen LogP contribution in [0, 0.1) is 5.82 Å². The first-order chi connectivity index (χ1) is 17.4. The van der Waals surface area contributed by atoms with Crippen LogP contribution in [0.3, 0.4) is 0 Å². The van der Waals surface area contributed by atoms with Gasteiger partial charge in [-0.05, 0) is 61.7 Å². The lowest BCUT2D eigenvalue weighted by Gasteiger charge is -2.36. The van der Waals surface area contributed by atoms with E-state index < -0.39 is 5.97 Å². The zero-order chi connectivity index (χ0) is 25.0. The molecule has 2 aromatic carbocycles. The maximum absolute atomic E-state index is 14.5. The Balaban J connectivity index is 1.09. The molecule has 1 aromatic heterocycles. The number of anilines is 2. The van der Waals surface area contributed by atoms with Gasteiger partial charge in [-0.25, -0.2) is 9.18 Å². The van der Waals surface area contributed by atoms with E-state index in [0.717, 1.165) is 48.9 Å². The number of rotatable bonds is 5. The van der Waals surface area contributed by atoms with Crippen molar-refractivity contribution in [3.63, 3.8) is 0 Å². The minimum atomic E-state index is -0.884. The van der Waals surface area contributed by atoms with Gasteiger partial charge in [0.05, 0.1) is 5.69 Å². The average molecular weight is 528 g/mol. The number of benzene rings is 2. The Morgan fingerprint density at radius 3 is 2.75 bits per heavy atom. The van der Waals surface area contributed by atoms with Crippen molar-refractivity contribution >= 4 is 39.6 Å². The van der Waals surface area contributed by atoms with E-state index in [1.165, 1.54) is 28.5 Å². The number of hydrogen-bond donors (Lipinski definition) is 2. The summed E-state index contributed by atoms with van der Waals surface area (Å²) in [5.41, 5.74) is 4.03. The fraction of sp³-hybridized carbons (Fsp3) is 0.370. The van der Waals surface area contributed by atoms with Gasteiger partial charge in [0.1, 0.15) is 33.7 Å². The number of carboxylic acid groups (broad SMARTS) is 1. The fourth-order valence-corrected chi connectivity index (χ4v) is 6.86. The molecule has 2 atom stereocenters. The third-order valence-corrected chi connectivity index (χ3v) is 8.94. The number of likely N-dealkylation sites (tertiary alicyclic amines) is 1. The number of carbonyl (C=O) groups is 1. The number of halogens is 2. The summed E-state index contributed by atoms with van der Waals surface area (Å²) in [6, 6.07) is 12.8. The SMILES string of the molecule is CN1c2cc(C(=O)O)sc2NC1CN1CCC(c2cccc3c2CC(c2ccc(Cl)cc2F)O3)CC1. The monoisotopic (exact) mass is 527 g/mol. The highest BCUT2D eigenvalue weighted by Crippen LogP contribution is 2.44. The Morgan fingerprint density at radius 1 is 1.22 bits per heavy atom. The van der Waals surface area contributed by atoms with E-state index in [9.17, 15) is 14.3 Å². The Bertz CT molecular complexity index is 1320. The van der Waals surface area contributed by atoms with Gasteiger partial charge in [-0.3, -0.25) is 4.90 Å². The first-order valence-electron chi connectivity index (χ1n) is 12.2. The van der Waals surface area contributed by atoms with Crippen molar-refractivity contribution in [2.75, 3.05) is 36.9 Å². The number of thiophene rings is 1. The van der Waals surface area contributed by atoms with Gasteiger partial charge in [0.15, 0.2) is 0 Å². The third-order valence-electron chi connectivity index (χ3n) is 7.66. The fourth-order valence-electron chi connectivity index (χ4n) is 5.72. The minimum Gasteiger partial charge on any atom is -0.485 e. The summed E-state index contributed by atoms with van der Waals surface area (Å²) in [6.45, 7) is 2.86. The standard InChI is InChI=1S/C27H27ClFN3O3S/c1-31-21-13-24(27(33)34)36-26(21)30-25(31)14-32-9-7-15(8-10-32)17-3-2-4-22-19(17)12-23(35-22)18-6-5-16(28)11-20(18)29/h2-6,11,13,15,23,25,30H,7-10,12,14H2,1H3,(H,33,34). The van der Waals surface area contributed by atoms with Crippen molar-refractivity contribution in [2.45, 2.75) is 37.5 Å². The van der Waals surface area contributed by atoms with E-state index in [2.05, 4.69) is 21.2 Å². The Morgan fingerprint density at radius 2 is 2.03 bits per heavy atom. The van der Waals surface area contributed by atoms with Crippen molar-refractivity contribution in [1.82, 2.24) is 4.90 Å². The molecule has 6 rings (SSSR count). The van der Waals surface area contributed by atoms with Gasteiger partial charge in [0, 0.05) is 36.2 Å². The number of nitrogens with zero attached hydrogens (tertiary/aromatic N) is 2. The summed E-state index contributed by atoms with van der Waals surface area (Å²) in [4.78, 5) is 16.3. The lowest BCUT2D eigenvalue weighted by molar-refractivity contribution is 0.0702. The van der Waals surface area contributed by atoms with Crippen LogP contribution in [0.15, 0.2) is 42.5 Å². The molecule has 3 aromatic rings. The first-order valence-corrected chi connectivity index (χ1v) is 13.4. The van der Waals surface area contributed by atoms with Gasteiger partial charge >= 0.3 is 5.97 Å². The maximum Gasteiger partial charge on any atom is 0.346 e. The van der Waals surface area contributed by atoms with Crippen LogP contribution in [-0.4, -0.2) is 48.8 Å². The molecule has 3 aliphatic rings. The largest absolute Gasteiger partial charge is 0.485 e. The second-order valence-corrected chi connectivity index (χ2v) is 11.3. The van der Waals surface area contributed by atoms with Gasteiger partial charge in [-0.15, -0.1) is 11.3 Å². The summed E-state index contributed by atoms with van der Waals surface area (Å²) >= 11 is 7.23. The van der Waals surface area contributed by atoms with Crippen LogP contribution < -0.4 is 15.0 Å². The number of ether oxygens (including phenoxy) is 1. The maximum atomic E-state index is 14.5. The van der Waals surface area contributed by atoms with Gasteiger partial charge < -0.3 is 20.1 Å². The highest BCUT2D eigenvalue weighted by atomic mass is 35.5. The lowest BCUT2D eigenvalue weighted by Crippen LogP contribution is -2.46. The number of hydrogen-bond acceptors (Lipinski definition) is 6. The normalized spacial score (nSPS) is 21.7. The van der Waals surface area contributed by atoms with Crippen LogP contribution in [0.4, 0.5) is 15.1 Å². The molecule has 0 bridgehead atoms. The highest BCUT2D eigenvalue weighted by Gasteiger charge is 2.34. The molecule has 4 heterocycles. The summed E-state index contributed by atoms with van der Waals surface area (Å²) in [7, 11) is 2.02. The summed E-state index contributed by atoms with van der Waals surface area (Å²) < 4.78 is 20.7. The number of piperidine rings is 1. The molecule has 3 aliphatic heterocycles. The zero-order valence-electron chi connectivity index (χ0n) is 19.8. The van der Waals surface area contributed by atoms with Crippen molar-refractivity contribution in [2.24, 2.45) is 0 Å². The molecule has 2 unspecified atom stereocenters. The number of carboxylic acids is 1. The second kappa shape index (κ2) is 9.25. The number of likely N-dealkylation sites (N-methyl/N-ethyl adjacent to an activating group) is 1. The van der Waals surface area contributed by atoms with Crippen LogP contribution in [0.25, 0.3) is 0 Å². The highest BCUT2D eigenvalue weighted by molar-refractivity contribution is 7.18. The molecule has 0 spiro atoms. The summed E-state index contributed by atoms with van der Waals surface area (Å²) in [5.74, 6) is 0.0976. The van der Waals surface area contributed by atoms with E-state index in [-0.39, 0.29) is 18.1 Å². The molecular weight excluding hydrogens is 501 g/mol. The van der Waals surface area contributed by atoms with Crippen LogP contribution in [-0.2, 0) is 6.42 Å². The molecule has 2 N–H and O–H groups in total. The van der Waals surface area contributed by atoms with Crippen molar-refractivity contribution < 1.29 is 19.0 Å². The molecular formula is C27H27ClFN3O3S. The topological polar surface area (TPSA) is 65.0 Å². The molecule has 0 amide bonds. The van der Waals surface area contributed by atoms with Gasteiger partial charge in [-0.2, -0.15) is 0 Å². The van der Waals surface area contributed by atoms with Gasteiger partial charge in [-0.1, -0.05) is 29.8 Å². The first kappa shape index (κ1) is 23.6. The third kappa shape index (κ3) is 4.21. The van der Waals surface area contributed by atoms with E-state index in [4.69, 9.17) is 16.3 Å². The Kier molecular flexibility index (Phi) is 6.06. The van der Waals surface area contributed by atoms with Crippen molar-refractivity contribution in [3.05, 3.63) is 74.9 Å². The van der Waals surface area contributed by atoms with Crippen LogP contribution in [0.2, 0.25) is 5.02 Å². The molecule has 0 aliphatic carbocycles. The second-order valence-electron chi connectivity index (χ2n) is 9.78. The molecule has 1 saturated heterocycles. The Labute approximate surface area is 218 Å². The molecule has 1 fully saturated rings. The lowest BCUT2D eigenvalue weighted by atomic mass is 9.85. The van der Waals surface area contributed by atoms with Gasteiger partial charge in [0.25, 0.3) is 0 Å². The van der Waals surface area contributed by atoms with Crippen molar-refractivity contribution in [1.29, 1.82) is 0 Å².